The minimum absolute atomic E-state index is 0.903. The van der Waals surface area contributed by atoms with Crippen molar-refractivity contribution in [1.82, 2.24) is 14.7 Å². The number of imidazole rings is 1. The van der Waals surface area contributed by atoms with Crippen LogP contribution in [0.4, 0.5) is 0 Å². The van der Waals surface area contributed by atoms with E-state index in [1.165, 1.54) is 0 Å². The number of nitrogens with zero attached hydrogens (tertiary/aromatic N) is 1. The number of nitrogens with one attached hydrogen (secondary N) is 2. The Kier molecular flexibility index (Phi) is 1.99. The van der Waals surface area contributed by atoms with Gasteiger partial charge in [-0.25, -0.2) is 4.98 Å². The molecule has 0 radical (unpaired) electrons. The Morgan fingerprint density at radius 1 is 1.20 bits per heavy atom. The molecular formula is C11H9N3S. The summed E-state index contributed by atoms with van der Waals surface area (Å²) in [6.07, 6.45) is 3.99. The first-order chi connectivity index (χ1) is 7.43. The van der Waals surface area contributed by atoms with E-state index in [9.17, 15) is 0 Å². The highest BCUT2D eigenvalue weighted by atomic mass is 32.2. The first kappa shape index (κ1) is 8.61. The Labute approximate surface area is 91.4 Å². The first-order valence-corrected chi connectivity index (χ1v) is 5.54. The first-order valence-electron chi connectivity index (χ1n) is 4.66. The van der Waals surface area contributed by atoms with Crippen molar-refractivity contribution in [3.05, 3.63) is 47.8 Å². The zero-order valence-corrected chi connectivity index (χ0v) is 8.71. The van der Waals surface area contributed by atoms with Gasteiger partial charge in [-0.3, -0.25) is 0 Å². The van der Waals surface area contributed by atoms with Crippen LogP contribution in [0.25, 0.3) is 16.6 Å². The van der Waals surface area contributed by atoms with Gasteiger partial charge in [0.2, 0.25) is 0 Å². The van der Waals surface area contributed by atoms with Crippen LogP contribution in [-0.4, -0.2) is 9.97 Å². The number of aromatic nitrogens is 2. The van der Waals surface area contributed by atoms with Gasteiger partial charge in [0.05, 0.1) is 11.0 Å². The molecule has 1 aromatic carbocycles. The number of para-hydroxylation sites is 2. The molecule has 2 aromatic rings. The predicted molar refractivity (Wildman–Crippen MR) is 63.9 cm³/mol. The highest BCUT2D eigenvalue weighted by molar-refractivity contribution is 8.00. The van der Waals surface area contributed by atoms with Crippen LogP contribution in [0.2, 0.25) is 0 Å². The number of H-pyrrole nitrogens is 1. The molecule has 4 heteroatoms. The van der Waals surface area contributed by atoms with Crippen molar-refractivity contribution in [3.63, 3.8) is 0 Å². The molecule has 0 saturated heterocycles. The lowest BCUT2D eigenvalue weighted by atomic mass is 10.3. The Balaban J connectivity index is 2.11. The average molecular weight is 215 g/mol. The molecule has 0 saturated carbocycles. The minimum atomic E-state index is 0.903. The van der Waals surface area contributed by atoms with Gasteiger partial charge in [0.15, 0.2) is 0 Å². The van der Waals surface area contributed by atoms with Gasteiger partial charge in [0.25, 0.3) is 0 Å². The molecule has 0 aliphatic carbocycles. The van der Waals surface area contributed by atoms with Crippen molar-refractivity contribution < 1.29 is 0 Å². The molecule has 0 fully saturated rings. The molecule has 1 aliphatic rings. The maximum atomic E-state index is 4.51. The predicted octanol–water partition coefficient (Wildman–Crippen LogP) is 2.67. The SMILES string of the molecule is C1=CC(c2nc3ccccc3[nH]2)=CNS1. The molecule has 0 spiro atoms. The second kappa shape index (κ2) is 3.47. The summed E-state index contributed by atoms with van der Waals surface area (Å²) in [7, 11) is 0. The van der Waals surface area contributed by atoms with Crippen LogP contribution < -0.4 is 4.72 Å². The van der Waals surface area contributed by atoms with Gasteiger partial charge in [-0.2, -0.15) is 0 Å². The molecule has 0 unspecified atom stereocenters. The number of fused-ring (bicyclic) bond motifs is 1. The smallest absolute Gasteiger partial charge is 0.140 e. The highest BCUT2D eigenvalue weighted by Crippen LogP contribution is 2.20. The van der Waals surface area contributed by atoms with Gasteiger partial charge in [-0.05, 0) is 35.6 Å². The van der Waals surface area contributed by atoms with Gasteiger partial charge >= 0.3 is 0 Å². The second-order valence-electron chi connectivity index (χ2n) is 3.24. The molecule has 3 rings (SSSR count). The van der Waals surface area contributed by atoms with Crippen LogP contribution in [0.1, 0.15) is 5.82 Å². The summed E-state index contributed by atoms with van der Waals surface area (Å²) in [6, 6.07) is 8.03. The summed E-state index contributed by atoms with van der Waals surface area (Å²) in [5.74, 6) is 0.903. The summed E-state index contributed by atoms with van der Waals surface area (Å²) in [6.45, 7) is 0. The third kappa shape index (κ3) is 1.53. The monoisotopic (exact) mass is 215 g/mol. The van der Waals surface area contributed by atoms with Crippen molar-refractivity contribution in [1.29, 1.82) is 0 Å². The third-order valence-corrected chi connectivity index (χ3v) is 2.79. The second-order valence-corrected chi connectivity index (χ2v) is 3.98. The lowest BCUT2D eigenvalue weighted by molar-refractivity contribution is 1.25. The summed E-state index contributed by atoms with van der Waals surface area (Å²) in [4.78, 5) is 7.80. The zero-order chi connectivity index (χ0) is 10.1. The third-order valence-electron chi connectivity index (χ3n) is 2.26. The highest BCUT2D eigenvalue weighted by Gasteiger charge is 2.06. The maximum absolute atomic E-state index is 4.51. The molecule has 0 bridgehead atoms. The number of hydrogen-bond donors (Lipinski definition) is 2. The molecule has 1 aliphatic heterocycles. The normalized spacial score (nSPS) is 15.1. The fourth-order valence-corrected chi connectivity index (χ4v) is 2.02. The lowest BCUT2D eigenvalue weighted by Gasteiger charge is -2.03. The van der Waals surface area contributed by atoms with Gasteiger partial charge in [0.1, 0.15) is 5.82 Å². The van der Waals surface area contributed by atoms with Crippen LogP contribution in [0, 0.1) is 0 Å². The van der Waals surface area contributed by atoms with Crippen molar-refractivity contribution in [2.45, 2.75) is 0 Å². The van der Waals surface area contributed by atoms with Crippen LogP contribution in [0.3, 0.4) is 0 Å². The Bertz CT molecular complexity index is 521. The number of allylic oxidation sites excluding steroid dienone is 2. The molecule has 1 aromatic heterocycles. The van der Waals surface area contributed by atoms with E-state index in [1.54, 1.807) is 11.9 Å². The molecule has 0 atom stereocenters. The number of rotatable bonds is 1. The number of benzene rings is 1. The van der Waals surface area contributed by atoms with E-state index in [4.69, 9.17) is 0 Å². The average Bonchev–Trinajstić information content (AvgIpc) is 2.74. The van der Waals surface area contributed by atoms with E-state index in [-0.39, 0.29) is 0 Å². The topological polar surface area (TPSA) is 40.7 Å². The largest absolute Gasteiger partial charge is 0.338 e. The standard InChI is InChI=1S/C11H9N3S/c1-2-4-10-9(3-1)13-11(14-10)8-5-6-15-12-7-8/h1-7,12H,(H,13,14). The van der Waals surface area contributed by atoms with Gasteiger partial charge in [-0.15, -0.1) is 0 Å². The van der Waals surface area contributed by atoms with Crippen LogP contribution in [0.15, 0.2) is 41.9 Å². The van der Waals surface area contributed by atoms with Crippen LogP contribution in [-0.2, 0) is 0 Å². The summed E-state index contributed by atoms with van der Waals surface area (Å²) < 4.78 is 3.09. The van der Waals surface area contributed by atoms with E-state index in [1.807, 2.05) is 41.9 Å². The van der Waals surface area contributed by atoms with Crippen LogP contribution >= 0.6 is 11.9 Å². The molecule has 2 N–H and O–H groups in total. The fourth-order valence-electron chi connectivity index (χ4n) is 1.53. The van der Waals surface area contributed by atoms with E-state index < -0.39 is 0 Å². The summed E-state index contributed by atoms with van der Waals surface area (Å²) in [5.41, 5.74) is 3.14. The summed E-state index contributed by atoms with van der Waals surface area (Å²) in [5, 5.41) is 2.00. The molecule has 74 valence electrons. The lowest BCUT2D eigenvalue weighted by Crippen LogP contribution is -1.96. The molecule has 2 heterocycles. The quantitative estimate of drug-likeness (QED) is 0.718. The molecule has 15 heavy (non-hydrogen) atoms. The van der Waals surface area contributed by atoms with Gasteiger partial charge < -0.3 is 9.71 Å². The minimum Gasteiger partial charge on any atom is -0.338 e. The van der Waals surface area contributed by atoms with Crippen molar-refractivity contribution in [3.8, 4) is 0 Å². The Hall–Kier alpha value is -1.68. The Morgan fingerprint density at radius 3 is 2.93 bits per heavy atom. The van der Waals surface area contributed by atoms with Gasteiger partial charge in [-0.1, -0.05) is 12.1 Å². The van der Waals surface area contributed by atoms with Crippen molar-refractivity contribution in [2.24, 2.45) is 0 Å². The molecule has 3 nitrogen and oxygen atoms in total. The van der Waals surface area contributed by atoms with Crippen molar-refractivity contribution >= 4 is 28.6 Å². The molecular weight excluding hydrogens is 206 g/mol. The zero-order valence-electron chi connectivity index (χ0n) is 7.90. The maximum Gasteiger partial charge on any atom is 0.140 e. The van der Waals surface area contributed by atoms with Crippen molar-refractivity contribution in [2.75, 3.05) is 0 Å². The summed E-state index contributed by atoms with van der Waals surface area (Å²) >= 11 is 1.55. The number of hydrogen-bond acceptors (Lipinski definition) is 3. The van der Waals surface area contributed by atoms with E-state index in [0.717, 1.165) is 22.4 Å². The van der Waals surface area contributed by atoms with E-state index in [0.29, 0.717) is 0 Å². The van der Waals surface area contributed by atoms with E-state index >= 15 is 0 Å². The number of aromatic amines is 1. The van der Waals surface area contributed by atoms with E-state index in [2.05, 4.69) is 14.7 Å². The fraction of sp³-hybridized carbons (Fsp3) is 0. The van der Waals surface area contributed by atoms with Crippen LogP contribution in [0.5, 0.6) is 0 Å². The Morgan fingerprint density at radius 2 is 2.13 bits per heavy atom. The van der Waals surface area contributed by atoms with Gasteiger partial charge in [0, 0.05) is 11.8 Å². The molecule has 0 amide bonds.